The van der Waals surface area contributed by atoms with Crippen LogP contribution in [-0.4, -0.2) is 34.2 Å². The summed E-state index contributed by atoms with van der Waals surface area (Å²) in [7, 11) is 0. The maximum atomic E-state index is 10.7. The number of amides is 1. The molecule has 0 bridgehead atoms. The highest BCUT2D eigenvalue weighted by Crippen LogP contribution is 2.57. The lowest BCUT2D eigenvalue weighted by Gasteiger charge is -2.11. The number of fused-ring (bicyclic) bond motifs is 1. The zero-order valence-corrected chi connectivity index (χ0v) is 10.5. The lowest BCUT2D eigenvalue weighted by Crippen LogP contribution is -2.11. The molecule has 1 aromatic rings. The van der Waals surface area contributed by atoms with Gasteiger partial charge in [-0.1, -0.05) is 0 Å². The van der Waals surface area contributed by atoms with E-state index in [4.69, 9.17) is 9.84 Å². The minimum atomic E-state index is -1.07. The average Bonchev–Trinajstić information content (AvgIpc) is 2.67. The van der Waals surface area contributed by atoms with Gasteiger partial charge in [0.25, 0.3) is 0 Å². The molecular formula is C12H17N3O3. The van der Waals surface area contributed by atoms with E-state index in [1.165, 1.54) is 0 Å². The highest BCUT2D eigenvalue weighted by atomic mass is 16.5. The van der Waals surface area contributed by atoms with E-state index in [2.05, 4.69) is 24.3 Å². The molecule has 1 saturated carbocycles. The van der Waals surface area contributed by atoms with Gasteiger partial charge in [-0.15, -0.1) is 0 Å². The molecule has 2 N–H and O–H groups in total. The second-order valence-electron chi connectivity index (χ2n) is 5.31. The van der Waals surface area contributed by atoms with Crippen molar-refractivity contribution in [3.63, 3.8) is 0 Å². The summed E-state index contributed by atoms with van der Waals surface area (Å²) >= 11 is 0. The van der Waals surface area contributed by atoms with Crippen LogP contribution in [0.3, 0.4) is 0 Å². The van der Waals surface area contributed by atoms with Crippen LogP contribution >= 0.6 is 0 Å². The lowest BCUT2D eigenvalue weighted by atomic mass is 10.2. The lowest BCUT2D eigenvalue weighted by molar-refractivity contribution is 0.159. The van der Waals surface area contributed by atoms with E-state index in [0.717, 1.165) is 18.9 Å². The predicted molar refractivity (Wildman–Crippen MR) is 64.8 cm³/mol. The molecule has 2 heterocycles. The first-order valence-electron chi connectivity index (χ1n) is 6.25. The highest BCUT2D eigenvalue weighted by Gasteiger charge is 2.56. The van der Waals surface area contributed by atoms with E-state index >= 15 is 0 Å². The SMILES string of the molecule is CC(C)n1nc(NC(=O)O)cc1[C@H]1[C@@H]2COC[C@@H]21. The zero-order chi connectivity index (χ0) is 12.9. The second kappa shape index (κ2) is 3.98. The molecule has 98 valence electrons. The van der Waals surface area contributed by atoms with Crippen LogP contribution in [-0.2, 0) is 4.74 Å². The third kappa shape index (κ3) is 1.77. The van der Waals surface area contributed by atoms with Crippen molar-refractivity contribution in [2.75, 3.05) is 18.5 Å². The van der Waals surface area contributed by atoms with E-state index in [1.807, 2.05) is 10.7 Å². The van der Waals surface area contributed by atoms with Gasteiger partial charge in [0.05, 0.1) is 13.2 Å². The van der Waals surface area contributed by atoms with Crippen LogP contribution in [0.25, 0.3) is 0 Å². The van der Waals surface area contributed by atoms with Crippen LogP contribution in [0, 0.1) is 11.8 Å². The minimum absolute atomic E-state index is 0.228. The number of hydrogen-bond donors (Lipinski definition) is 2. The molecule has 0 spiro atoms. The molecule has 3 rings (SSSR count). The molecule has 0 radical (unpaired) electrons. The summed E-state index contributed by atoms with van der Waals surface area (Å²) in [6.07, 6.45) is -1.07. The smallest absolute Gasteiger partial charge is 0.410 e. The maximum absolute atomic E-state index is 10.7. The predicted octanol–water partition coefficient (Wildman–Crippen LogP) is 1.91. The van der Waals surface area contributed by atoms with Crippen molar-refractivity contribution in [1.29, 1.82) is 0 Å². The normalized spacial score (nSPS) is 29.4. The van der Waals surface area contributed by atoms with Crippen molar-refractivity contribution in [2.24, 2.45) is 11.8 Å². The van der Waals surface area contributed by atoms with Crippen molar-refractivity contribution in [3.05, 3.63) is 11.8 Å². The van der Waals surface area contributed by atoms with Crippen molar-refractivity contribution in [3.8, 4) is 0 Å². The average molecular weight is 251 g/mol. The Kier molecular flexibility index (Phi) is 2.55. The fourth-order valence-corrected chi connectivity index (χ4v) is 2.92. The van der Waals surface area contributed by atoms with Gasteiger partial charge in [-0.25, -0.2) is 4.79 Å². The minimum Gasteiger partial charge on any atom is -0.465 e. The Morgan fingerprint density at radius 3 is 2.78 bits per heavy atom. The van der Waals surface area contributed by atoms with Crippen molar-refractivity contribution >= 4 is 11.9 Å². The van der Waals surface area contributed by atoms with Gasteiger partial charge < -0.3 is 9.84 Å². The monoisotopic (exact) mass is 251 g/mol. The molecule has 6 nitrogen and oxygen atoms in total. The number of hydrogen-bond acceptors (Lipinski definition) is 3. The number of ether oxygens (including phenoxy) is 1. The summed E-state index contributed by atoms with van der Waals surface area (Å²) in [4.78, 5) is 10.7. The van der Waals surface area contributed by atoms with Crippen molar-refractivity contribution in [2.45, 2.75) is 25.8 Å². The number of anilines is 1. The fraction of sp³-hybridized carbons (Fsp3) is 0.667. The van der Waals surface area contributed by atoms with Gasteiger partial charge in [0, 0.05) is 23.7 Å². The number of nitrogens with one attached hydrogen (secondary N) is 1. The van der Waals surface area contributed by atoms with Gasteiger partial charge >= 0.3 is 6.09 Å². The molecule has 1 saturated heterocycles. The Labute approximate surface area is 105 Å². The highest BCUT2D eigenvalue weighted by molar-refractivity contribution is 5.81. The first kappa shape index (κ1) is 11.5. The Hall–Kier alpha value is -1.56. The molecule has 1 aromatic heterocycles. The summed E-state index contributed by atoms with van der Waals surface area (Å²) in [6, 6.07) is 2.09. The van der Waals surface area contributed by atoms with Crippen molar-refractivity contribution < 1.29 is 14.6 Å². The number of nitrogens with zero attached hydrogens (tertiary/aromatic N) is 2. The summed E-state index contributed by atoms with van der Waals surface area (Å²) in [5.74, 6) is 2.09. The molecule has 3 atom stereocenters. The first-order chi connectivity index (χ1) is 8.58. The van der Waals surface area contributed by atoms with Gasteiger partial charge in [-0.2, -0.15) is 5.10 Å². The number of aromatic nitrogens is 2. The summed E-state index contributed by atoms with van der Waals surface area (Å²) in [5.41, 5.74) is 1.13. The zero-order valence-electron chi connectivity index (χ0n) is 10.5. The van der Waals surface area contributed by atoms with Crippen LogP contribution in [0.4, 0.5) is 10.6 Å². The topological polar surface area (TPSA) is 76.4 Å². The third-order valence-corrected chi connectivity index (χ3v) is 3.78. The Morgan fingerprint density at radius 2 is 2.22 bits per heavy atom. The van der Waals surface area contributed by atoms with Gasteiger partial charge in [-0.3, -0.25) is 10.00 Å². The van der Waals surface area contributed by atoms with Gasteiger partial charge in [0.2, 0.25) is 0 Å². The van der Waals surface area contributed by atoms with Crippen LogP contribution in [0.5, 0.6) is 0 Å². The molecule has 1 aliphatic heterocycles. The summed E-state index contributed by atoms with van der Waals surface area (Å²) in [6.45, 7) is 5.74. The molecule has 2 fully saturated rings. The molecule has 2 aliphatic rings. The molecule has 6 heteroatoms. The molecular weight excluding hydrogens is 234 g/mol. The largest absolute Gasteiger partial charge is 0.465 e. The molecule has 1 aliphatic carbocycles. The molecule has 1 amide bonds. The molecule has 18 heavy (non-hydrogen) atoms. The standard InChI is InChI=1S/C12H17N3O3/c1-6(2)15-9(3-10(14-15)13-12(16)17)11-7-4-18-5-8(7)11/h3,6-8,11H,4-5H2,1-2H3,(H,13,14)(H,16,17)/t7-,8+,11+. The Bertz CT molecular complexity index is 473. The van der Waals surface area contributed by atoms with Crippen LogP contribution in [0.1, 0.15) is 31.5 Å². The van der Waals surface area contributed by atoms with Crippen LogP contribution in [0.2, 0.25) is 0 Å². The van der Waals surface area contributed by atoms with E-state index < -0.39 is 6.09 Å². The third-order valence-electron chi connectivity index (χ3n) is 3.78. The number of carbonyl (C=O) groups is 1. The number of carboxylic acid groups (broad SMARTS) is 1. The van der Waals surface area contributed by atoms with Crippen molar-refractivity contribution in [1.82, 2.24) is 9.78 Å². The Morgan fingerprint density at radius 1 is 1.56 bits per heavy atom. The molecule has 0 aromatic carbocycles. The van der Waals surface area contributed by atoms with Crippen LogP contribution in [0.15, 0.2) is 6.07 Å². The van der Waals surface area contributed by atoms with E-state index in [1.54, 1.807) is 0 Å². The summed E-state index contributed by atoms with van der Waals surface area (Å²) in [5, 5.41) is 15.4. The first-order valence-corrected chi connectivity index (χ1v) is 6.25. The second-order valence-corrected chi connectivity index (χ2v) is 5.31. The number of rotatable bonds is 3. The van der Waals surface area contributed by atoms with E-state index in [9.17, 15) is 4.79 Å². The molecule has 0 unspecified atom stereocenters. The van der Waals surface area contributed by atoms with Gasteiger partial charge in [-0.05, 0) is 25.7 Å². The van der Waals surface area contributed by atoms with E-state index in [-0.39, 0.29) is 6.04 Å². The quantitative estimate of drug-likeness (QED) is 0.860. The maximum Gasteiger partial charge on any atom is 0.410 e. The fourth-order valence-electron chi connectivity index (χ4n) is 2.92. The summed E-state index contributed by atoms with van der Waals surface area (Å²) < 4.78 is 7.32. The van der Waals surface area contributed by atoms with Gasteiger partial charge in [0.15, 0.2) is 5.82 Å². The Balaban J connectivity index is 1.87. The van der Waals surface area contributed by atoms with Crippen LogP contribution < -0.4 is 5.32 Å². The van der Waals surface area contributed by atoms with E-state index in [0.29, 0.717) is 23.6 Å². The van der Waals surface area contributed by atoms with Gasteiger partial charge in [0.1, 0.15) is 0 Å².